The van der Waals surface area contributed by atoms with Gasteiger partial charge in [0.05, 0.1) is 11.1 Å². The molecular formula is C31H28F4N4O2S2. The van der Waals surface area contributed by atoms with Gasteiger partial charge in [0, 0.05) is 64.1 Å². The van der Waals surface area contributed by atoms with Crippen LogP contribution in [0, 0.1) is 5.82 Å². The highest BCUT2D eigenvalue weighted by Gasteiger charge is 2.40. The van der Waals surface area contributed by atoms with E-state index < -0.39 is 23.2 Å². The molecule has 2 unspecified atom stereocenters. The van der Waals surface area contributed by atoms with Gasteiger partial charge in [0.1, 0.15) is 11.6 Å². The minimum atomic E-state index is -4.75. The summed E-state index contributed by atoms with van der Waals surface area (Å²) in [6, 6.07) is 9.31. The number of nitrogens with zero attached hydrogens (tertiary/aromatic N) is 4. The summed E-state index contributed by atoms with van der Waals surface area (Å²) in [5, 5.41) is 2.15. The fourth-order valence-corrected chi connectivity index (χ4v) is 8.57. The standard InChI is InChI=1S/C31H28F4N4O2S2/c1-4-25(40)39-17(2)13-37(14-18(39)3)29-22-12-23(31(33,34)35)26(19-7-9-21(32)10-8-19)28-27(22)38(30(41)36-29)15-20(16-43-28)24-6-5-11-42-24/h4-12,17-18,20H,1,13-16H2,2-3H3/t17-,18?,20?/m0/s1. The number of carbonyl (C=O) groups is 1. The fraction of sp³-hybridized carbons (Fsp3) is 0.323. The number of thiophene rings is 1. The first-order valence-corrected chi connectivity index (χ1v) is 15.6. The van der Waals surface area contributed by atoms with Gasteiger partial charge in [-0.3, -0.25) is 9.36 Å². The van der Waals surface area contributed by atoms with E-state index in [1.54, 1.807) is 9.80 Å². The minimum absolute atomic E-state index is 0.0785. The van der Waals surface area contributed by atoms with E-state index >= 15 is 0 Å². The highest BCUT2D eigenvalue weighted by atomic mass is 32.2. The van der Waals surface area contributed by atoms with Gasteiger partial charge in [0.2, 0.25) is 5.91 Å². The molecule has 2 aliphatic rings. The molecule has 1 amide bonds. The quantitative estimate of drug-likeness (QED) is 0.184. The molecule has 0 N–H and O–H groups in total. The van der Waals surface area contributed by atoms with Crippen molar-refractivity contribution in [2.75, 3.05) is 23.7 Å². The highest BCUT2D eigenvalue weighted by Crippen LogP contribution is 2.49. The van der Waals surface area contributed by atoms with Crippen molar-refractivity contribution in [3.63, 3.8) is 0 Å². The largest absolute Gasteiger partial charge is 0.417 e. The monoisotopic (exact) mass is 628 g/mol. The van der Waals surface area contributed by atoms with Crippen LogP contribution < -0.4 is 10.6 Å². The van der Waals surface area contributed by atoms with Crippen molar-refractivity contribution in [3.8, 4) is 11.1 Å². The van der Waals surface area contributed by atoms with Crippen LogP contribution in [0.5, 0.6) is 0 Å². The summed E-state index contributed by atoms with van der Waals surface area (Å²) in [6.45, 7) is 8.09. The number of hydrogen-bond donors (Lipinski definition) is 0. The lowest BCUT2D eigenvalue weighted by Gasteiger charge is -2.44. The van der Waals surface area contributed by atoms with Crippen LogP contribution in [0.25, 0.3) is 22.0 Å². The number of piperazine rings is 1. The lowest BCUT2D eigenvalue weighted by atomic mass is 9.96. The van der Waals surface area contributed by atoms with Crippen LogP contribution in [0.1, 0.15) is 30.2 Å². The van der Waals surface area contributed by atoms with Crippen molar-refractivity contribution in [2.24, 2.45) is 0 Å². The van der Waals surface area contributed by atoms with E-state index in [4.69, 9.17) is 0 Å². The summed E-state index contributed by atoms with van der Waals surface area (Å²) >= 11 is 2.81. The third-order valence-corrected chi connectivity index (χ3v) is 10.4. The number of aromatic nitrogens is 2. The molecule has 0 radical (unpaired) electrons. The number of carbonyl (C=O) groups excluding carboxylic acids is 1. The van der Waals surface area contributed by atoms with Gasteiger partial charge in [-0.15, -0.1) is 23.1 Å². The lowest BCUT2D eigenvalue weighted by Crippen LogP contribution is -2.58. The average molecular weight is 629 g/mol. The maximum atomic E-state index is 14.9. The molecule has 6 rings (SSSR count). The number of halogens is 4. The van der Waals surface area contributed by atoms with Crippen LogP contribution in [-0.4, -0.2) is 51.3 Å². The van der Waals surface area contributed by atoms with Crippen molar-refractivity contribution >= 4 is 45.7 Å². The van der Waals surface area contributed by atoms with Gasteiger partial charge < -0.3 is 9.80 Å². The van der Waals surface area contributed by atoms with Gasteiger partial charge in [-0.1, -0.05) is 24.8 Å². The molecule has 1 fully saturated rings. The first kappa shape index (κ1) is 29.4. The van der Waals surface area contributed by atoms with Gasteiger partial charge in [-0.25, -0.2) is 9.18 Å². The van der Waals surface area contributed by atoms with Crippen molar-refractivity contribution in [1.29, 1.82) is 0 Å². The summed E-state index contributed by atoms with van der Waals surface area (Å²) in [6.07, 6.45) is -3.50. The summed E-state index contributed by atoms with van der Waals surface area (Å²) < 4.78 is 60.1. The Morgan fingerprint density at radius 2 is 1.79 bits per heavy atom. The minimum Gasteiger partial charge on any atom is -0.352 e. The molecule has 224 valence electrons. The van der Waals surface area contributed by atoms with E-state index in [1.807, 2.05) is 31.4 Å². The van der Waals surface area contributed by atoms with Crippen molar-refractivity contribution in [3.05, 3.63) is 87.2 Å². The molecule has 4 aromatic rings. The van der Waals surface area contributed by atoms with Crippen LogP contribution in [0.15, 0.2) is 70.2 Å². The SMILES string of the molecule is C=CC(=O)N1C(C)CN(c2nc(=O)n3c4c(c(-c5ccc(F)cc5)c(C(F)(F)F)cc24)SCC(c2cccs2)C3)C[C@@H]1C. The van der Waals surface area contributed by atoms with E-state index in [-0.39, 0.29) is 65.9 Å². The van der Waals surface area contributed by atoms with Crippen LogP contribution in [0.2, 0.25) is 0 Å². The smallest absolute Gasteiger partial charge is 0.352 e. The van der Waals surface area contributed by atoms with Crippen molar-refractivity contribution < 1.29 is 22.4 Å². The number of anilines is 1. The third-order valence-electron chi connectivity index (χ3n) is 8.06. The van der Waals surface area contributed by atoms with E-state index in [2.05, 4.69) is 11.6 Å². The molecule has 43 heavy (non-hydrogen) atoms. The van der Waals surface area contributed by atoms with Crippen LogP contribution >= 0.6 is 23.1 Å². The van der Waals surface area contributed by atoms with Crippen LogP contribution in [0.4, 0.5) is 23.4 Å². The van der Waals surface area contributed by atoms with Crippen LogP contribution in [0.3, 0.4) is 0 Å². The first-order chi connectivity index (χ1) is 20.5. The average Bonchev–Trinajstić information content (AvgIpc) is 3.42. The molecule has 4 heterocycles. The first-order valence-electron chi connectivity index (χ1n) is 13.8. The van der Waals surface area contributed by atoms with Crippen molar-refractivity contribution in [1.82, 2.24) is 14.5 Å². The highest BCUT2D eigenvalue weighted by molar-refractivity contribution is 7.99. The molecule has 2 aliphatic heterocycles. The maximum Gasteiger partial charge on any atom is 0.417 e. The second-order valence-corrected chi connectivity index (χ2v) is 12.9. The molecule has 2 aromatic heterocycles. The molecule has 0 spiro atoms. The van der Waals surface area contributed by atoms with E-state index in [1.165, 1.54) is 45.9 Å². The molecular weight excluding hydrogens is 600 g/mol. The zero-order valence-corrected chi connectivity index (χ0v) is 25.0. The lowest BCUT2D eigenvalue weighted by molar-refractivity contribution is -0.137. The van der Waals surface area contributed by atoms with Gasteiger partial charge in [-0.2, -0.15) is 18.2 Å². The second-order valence-electron chi connectivity index (χ2n) is 10.9. The number of benzene rings is 2. The summed E-state index contributed by atoms with van der Waals surface area (Å²) in [5.41, 5.74) is -0.911. The molecule has 6 nitrogen and oxygen atoms in total. The predicted octanol–water partition coefficient (Wildman–Crippen LogP) is 6.78. The topological polar surface area (TPSA) is 58.4 Å². The number of hydrogen-bond acceptors (Lipinski definition) is 6. The molecule has 12 heteroatoms. The van der Waals surface area contributed by atoms with E-state index in [0.717, 1.165) is 23.1 Å². The normalized spacial score (nSPS) is 20.7. The van der Waals surface area contributed by atoms with Crippen molar-refractivity contribution in [2.45, 2.75) is 49.5 Å². The Morgan fingerprint density at radius 1 is 1.09 bits per heavy atom. The van der Waals surface area contributed by atoms with Crippen LogP contribution in [-0.2, 0) is 17.5 Å². The Hall–Kier alpha value is -3.64. The summed E-state index contributed by atoms with van der Waals surface area (Å²) in [5.74, 6) is -0.323. The van der Waals surface area contributed by atoms with Gasteiger partial charge >= 0.3 is 11.9 Å². The maximum absolute atomic E-state index is 14.9. The fourth-order valence-electron chi connectivity index (χ4n) is 6.26. The molecule has 1 saturated heterocycles. The Balaban J connectivity index is 1.63. The summed E-state index contributed by atoms with van der Waals surface area (Å²) in [7, 11) is 0. The number of amides is 1. The van der Waals surface area contributed by atoms with Gasteiger partial charge in [-0.05, 0) is 55.1 Å². The Kier molecular flexibility index (Phi) is 7.62. The second kappa shape index (κ2) is 11.1. The Bertz CT molecular complexity index is 1760. The zero-order valence-electron chi connectivity index (χ0n) is 23.4. The summed E-state index contributed by atoms with van der Waals surface area (Å²) in [4.78, 5) is 35.6. The molecule has 0 saturated carbocycles. The molecule has 0 aliphatic carbocycles. The molecule has 2 aromatic carbocycles. The molecule has 0 bridgehead atoms. The van der Waals surface area contributed by atoms with E-state index in [9.17, 15) is 27.2 Å². The van der Waals surface area contributed by atoms with Gasteiger partial charge in [0.25, 0.3) is 0 Å². The zero-order chi connectivity index (χ0) is 30.6. The Morgan fingerprint density at radius 3 is 2.40 bits per heavy atom. The van der Waals surface area contributed by atoms with E-state index in [0.29, 0.717) is 16.2 Å². The Labute approximate surface area is 253 Å². The predicted molar refractivity (Wildman–Crippen MR) is 162 cm³/mol. The number of thioether (sulfide) groups is 1. The number of alkyl halides is 3. The van der Waals surface area contributed by atoms with Gasteiger partial charge in [0.15, 0.2) is 0 Å². The number of rotatable bonds is 4. The molecule has 3 atom stereocenters. The third kappa shape index (κ3) is 5.24.